The second-order valence-corrected chi connectivity index (χ2v) is 7.77. The van der Waals surface area contributed by atoms with E-state index in [1.54, 1.807) is 0 Å². The summed E-state index contributed by atoms with van der Waals surface area (Å²) in [5, 5.41) is 6.61. The number of hydrogen-bond acceptors (Lipinski definition) is 3. The van der Waals surface area contributed by atoms with Crippen molar-refractivity contribution >= 4 is 28.8 Å². The Morgan fingerprint density at radius 1 is 1.19 bits per heavy atom. The van der Waals surface area contributed by atoms with Crippen LogP contribution in [0.15, 0.2) is 47.8 Å². The molecule has 0 aliphatic rings. The Kier molecular flexibility index (Phi) is 5.74. The summed E-state index contributed by atoms with van der Waals surface area (Å²) in [6.07, 6.45) is 0.277. The fourth-order valence-electron chi connectivity index (χ4n) is 2.87. The van der Waals surface area contributed by atoms with Crippen molar-refractivity contribution in [2.24, 2.45) is 0 Å². The smallest absolute Gasteiger partial charge is 0.226 e. The van der Waals surface area contributed by atoms with Crippen molar-refractivity contribution in [3.63, 3.8) is 0 Å². The van der Waals surface area contributed by atoms with Gasteiger partial charge < -0.3 is 5.32 Å². The molecule has 1 aromatic heterocycles. The van der Waals surface area contributed by atoms with Crippen molar-refractivity contribution in [1.82, 2.24) is 10.3 Å². The Balaban J connectivity index is 1.65. The number of benzene rings is 2. The van der Waals surface area contributed by atoms with Crippen LogP contribution in [0.1, 0.15) is 35.3 Å². The first kappa shape index (κ1) is 18.6. The number of nitrogens with zero attached hydrogens (tertiary/aromatic N) is 1. The second kappa shape index (κ2) is 8.02. The van der Waals surface area contributed by atoms with E-state index in [1.807, 2.05) is 36.6 Å². The van der Waals surface area contributed by atoms with E-state index in [2.05, 4.69) is 42.3 Å². The van der Waals surface area contributed by atoms with Gasteiger partial charge in [0.1, 0.15) is 5.01 Å². The number of amides is 1. The fourth-order valence-corrected chi connectivity index (χ4v) is 3.83. The number of nitrogens with one attached hydrogen (secondary N) is 1. The Hall–Kier alpha value is -2.17. The molecule has 5 heteroatoms. The van der Waals surface area contributed by atoms with Crippen LogP contribution in [0.4, 0.5) is 0 Å². The number of thiazole rings is 1. The molecule has 1 N–H and O–H groups in total. The molecule has 1 unspecified atom stereocenters. The third-order valence-electron chi connectivity index (χ3n) is 4.26. The van der Waals surface area contributed by atoms with Crippen LogP contribution in [0.2, 0.25) is 5.02 Å². The van der Waals surface area contributed by atoms with Gasteiger partial charge in [0.15, 0.2) is 0 Å². The minimum atomic E-state index is -0.0308. The largest absolute Gasteiger partial charge is 0.349 e. The molecule has 1 atom stereocenters. The Labute approximate surface area is 163 Å². The van der Waals surface area contributed by atoms with Crippen LogP contribution in [-0.4, -0.2) is 10.9 Å². The number of rotatable bonds is 5. The van der Waals surface area contributed by atoms with Crippen LogP contribution < -0.4 is 5.32 Å². The van der Waals surface area contributed by atoms with Gasteiger partial charge in [-0.3, -0.25) is 4.79 Å². The summed E-state index contributed by atoms with van der Waals surface area (Å²) in [6.45, 7) is 6.14. The molecule has 0 saturated heterocycles. The van der Waals surface area contributed by atoms with Gasteiger partial charge in [-0.1, -0.05) is 47.5 Å². The summed E-state index contributed by atoms with van der Waals surface area (Å²) in [5.41, 5.74) is 5.32. The van der Waals surface area contributed by atoms with E-state index >= 15 is 0 Å². The first-order valence-electron chi connectivity index (χ1n) is 8.49. The van der Waals surface area contributed by atoms with Crippen LogP contribution in [0.3, 0.4) is 0 Å². The van der Waals surface area contributed by atoms with E-state index in [0.29, 0.717) is 5.02 Å². The van der Waals surface area contributed by atoms with Crippen LogP contribution in [0.5, 0.6) is 0 Å². The lowest BCUT2D eigenvalue weighted by Crippen LogP contribution is -2.28. The van der Waals surface area contributed by atoms with E-state index in [0.717, 1.165) is 21.8 Å². The minimum Gasteiger partial charge on any atom is -0.349 e. The fraction of sp³-hybridized carbons (Fsp3) is 0.238. The molecule has 2 aromatic carbocycles. The summed E-state index contributed by atoms with van der Waals surface area (Å²) >= 11 is 7.46. The van der Waals surface area contributed by atoms with E-state index < -0.39 is 0 Å². The Morgan fingerprint density at radius 3 is 2.65 bits per heavy atom. The Morgan fingerprint density at radius 2 is 1.92 bits per heavy atom. The molecule has 0 aliphatic heterocycles. The van der Waals surface area contributed by atoms with Crippen molar-refractivity contribution in [2.75, 3.05) is 0 Å². The van der Waals surface area contributed by atoms with Gasteiger partial charge in [-0.05, 0) is 44.0 Å². The van der Waals surface area contributed by atoms with Gasteiger partial charge >= 0.3 is 0 Å². The lowest BCUT2D eigenvalue weighted by Gasteiger charge is -2.17. The molecule has 1 amide bonds. The van der Waals surface area contributed by atoms with Crippen molar-refractivity contribution in [1.29, 1.82) is 0 Å². The van der Waals surface area contributed by atoms with Gasteiger partial charge in [-0.25, -0.2) is 4.98 Å². The maximum atomic E-state index is 12.4. The molecule has 0 spiro atoms. The third kappa shape index (κ3) is 4.51. The van der Waals surface area contributed by atoms with Crippen molar-refractivity contribution < 1.29 is 4.79 Å². The second-order valence-electron chi connectivity index (χ2n) is 6.48. The lowest BCUT2D eigenvalue weighted by molar-refractivity contribution is -0.121. The molecule has 3 aromatic rings. The molecular formula is C21H21ClN2OS. The zero-order valence-electron chi connectivity index (χ0n) is 15.0. The van der Waals surface area contributed by atoms with Gasteiger partial charge in [-0.2, -0.15) is 0 Å². The third-order valence-corrected chi connectivity index (χ3v) is 5.46. The highest BCUT2D eigenvalue weighted by atomic mass is 35.5. The number of carbonyl (C=O) groups excluding carboxylic acids is 1. The number of aromatic nitrogens is 1. The normalized spacial score (nSPS) is 12.0. The van der Waals surface area contributed by atoms with Crippen LogP contribution in [-0.2, 0) is 11.2 Å². The number of aryl methyl sites for hydroxylation is 2. The summed E-state index contributed by atoms with van der Waals surface area (Å²) in [4.78, 5) is 17.0. The summed E-state index contributed by atoms with van der Waals surface area (Å²) < 4.78 is 0. The van der Waals surface area contributed by atoms with Crippen molar-refractivity contribution in [2.45, 2.75) is 33.2 Å². The molecule has 0 bridgehead atoms. The van der Waals surface area contributed by atoms with Crippen LogP contribution >= 0.6 is 22.9 Å². The van der Waals surface area contributed by atoms with E-state index in [1.165, 1.54) is 22.5 Å². The maximum absolute atomic E-state index is 12.4. The van der Waals surface area contributed by atoms with Crippen molar-refractivity contribution in [3.8, 4) is 10.6 Å². The van der Waals surface area contributed by atoms with E-state index in [9.17, 15) is 4.79 Å². The first-order valence-corrected chi connectivity index (χ1v) is 9.75. The zero-order chi connectivity index (χ0) is 18.7. The molecule has 0 aliphatic carbocycles. The van der Waals surface area contributed by atoms with Gasteiger partial charge in [-0.15, -0.1) is 11.3 Å². The van der Waals surface area contributed by atoms with Gasteiger partial charge in [0.2, 0.25) is 5.91 Å². The van der Waals surface area contributed by atoms with Crippen molar-refractivity contribution in [3.05, 3.63) is 75.3 Å². The summed E-state index contributed by atoms with van der Waals surface area (Å²) in [7, 11) is 0. The maximum Gasteiger partial charge on any atom is 0.226 e. The molecule has 0 fully saturated rings. The predicted octanol–water partition coefficient (Wildman–Crippen LogP) is 5.50. The van der Waals surface area contributed by atoms with Gasteiger partial charge in [0, 0.05) is 16.0 Å². The number of halogens is 1. The van der Waals surface area contributed by atoms with Crippen LogP contribution in [0.25, 0.3) is 10.6 Å². The minimum absolute atomic E-state index is 0.0219. The standard InChI is InChI=1S/C21H21ClN2OS/c1-13-4-5-14(2)19(10-13)15(3)23-20(25)11-18-12-26-21(24-18)16-6-8-17(22)9-7-16/h4-10,12,15H,11H2,1-3H3,(H,23,25). The zero-order valence-corrected chi connectivity index (χ0v) is 16.6. The molecule has 134 valence electrons. The summed E-state index contributed by atoms with van der Waals surface area (Å²) in [5.74, 6) is -0.0219. The molecule has 26 heavy (non-hydrogen) atoms. The highest BCUT2D eigenvalue weighted by molar-refractivity contribution is 7.13. The average molecular weight is 385 g/mol. The predicted molar refractivity (Wildman–Crippen MR) is 109 cm³/mol. The molecular weight excluding hydrogens is 364 g/mol. The molecule has 0 saturated carbocycles. The molecule has 3 nitrogen and oxygen atoms in total. The molecule has 3 rings (SSSR count). The molecule has 1 heterocycles. The highest BCUT2D eigenvalue weighted by Gasteiger charge is 2.14. The van der Waals surface area contributed by atoms with E-state index in [-0.39, 0.29) is 18.4 Å². The lowest BCUT2D eigenvalue weighted by atomic mass is 10.00. The Bertz CT molecular complexity index is 918. The topological polar surface area (TPSA) is 42.0 Å². The van der Waals surface area contributed by atoms with E-state index in [4.69, 9.17) is 11.6 Å². The van der Waals surface area contributed by atoms with Gasteiger partial charge in [0.25, 0.3) is 0 Å². The monoisotopic (exact) mass is 384 g/mol. The summed E-state index contributed by atoms with van der Waals surface area (Å²) in [6, 6.07) is 13.8. The number of carbonyl (C=O) groups is 1. The first-order chi connectivity index (χ1) is 12.4. The number of hydrogen-bond donors (Lipinski definition) is 1. The van der Waals surface area contributed by atoms with Crippen LogP contribution in [0, 0.1) is 13.8 Å². The highest BCUT2D eigenvalue weighted by Crippen LogP contribution is 2.25. The quantitative estimate of drug-likeness (QED) is 0.631. The van der Waals surface area contributed by atoms with Gasteiger partial charge in [0.05, 0.1) is 18.2 Å². The molecule has 0 radical (unpaired) electrons. The SMILES string of the molecule is Cc1ccc(C)c(C(C)NC(=O)Cc2csc(-c3ccc(Cl)cc3)n2)c1. The average Bonchev–Trinajstić information content (AvgIpc) is 3.05.